The number of rotatable bonds is 5. The van der Waals surface area contributed by atoms with Crippen LogP contribution < -0.4 is 10.1 Å². The molecule has 2 aromatic rings. The molecule has 1 atom stereocenters. The maximum atomic E-state index is 12.0. The minimum absolute atomic E-state index is 0.197. The second kappa shape index (κ2) is 7.20. The van der Waals surface area contributed by atoms with Crippen LogP contribution in [0.1, 0.15) is 28.8 Å². The van der Waals surface area contributed by atoms with Crippen LogP contribution >= 0.6 is 11.3 Å². The number of methoxy groups -OCH3 is 1. The Kier molecular flexibility index (Phi) is 5.02. The highest BCUT2D eigenvalue weighted by atomic mass is 32.1. The number of hydrogen-bond donors (Lipinski definition) is 2. The van der Waals surface area contributed by atoms with Crippen molar-refractivity contribution in [1.29, 1.82) is 0 Å². The highest BCUT2D eigenvalue weighted by Gasteiger charge is 2.34. The van der Waals surface area contributed by atoms with Gasteiger partial charge in [0.25, 0.3) is 0 Å². The summed E-state index contributed by atoms with van der Waals surface area (Å²) in [6, 6.07) is 9.62. The molecule has 0 bridgehead atoms. The van der Waals surface area contributed by atoms with Gasteiger partial charge < -0.3 is 15.2 Å². The Morgan fingerprint density at radius 2 is 2.33 bits per heavy atom. The predicted molar refractivity (Wildman–Crippen MR) is 96.2 cm³/mol. The molecule has 1 aromatic heterocycles. The maximum absolute atomic E-state index is 12.0. The molecule has 1 amide bonds. The van der Waals surface area contributed by atoms with Gasteiger partial charge >= 0.3 is 0 Å². The first-order valence-electron chi connectivity index (χ1n) is 8.00. The first kappa shape index (κ1) is 16.7. The van der Waals surface area contributed by atoms with E-state index in [0.29, 0.717) is 6.42 Å². The molecule has 1 aromatic carbocycles. The van der Waals surface area contributed by atoms with E-state index >= 15 is 0 Å². The highest BCUT2D eigenvalue weighted by Crippen LogP contribution is 2.36. The Bertz CT molecular complexity index is 739. The van der Waals surface area contributed by atoms with Gasteiger partial charge in [-0.15, -0.1) is 11.3 Å². The quantitative estimate of drug-likeness (QED) is 0.820. The first-order valence-corrected chi connectivity index (χ1v) is 8.88. The minimum atomic E-state index is -1.02. The average Bonchev–Trinajstić information content (AvgIpc) is 3.11. The maximum Gasteiger partial charge on any atom is 0.244 e. The Labute approximate surface area is 145 Å². The fourth-order valence-electron chi connectivity index (χ4n) is 3.08. The molecule has 126 valence electrons. The summed E-state index contributed by atoms with van der Waals surface area (Å²) < 4.78 is 5.25. The molecule has 1 heterocycles. The third-order valence-electron chi connectivity index (χ3n) is 4.35. The molecular formula is C19H21NO3S. The summed E-state index contributed by atoms with van der Waals surface area (Å²) in [6.45, 7) is 0.208. The van der Waals surface area contributed by atoms with E-state index in [4.69, 9.17) is 4.74 Å². The number of amides is 1. The fraction of sp³-hybridized carbons (Fsp3) is 0.316. The molecule has 1 aliphatic carbocycles. The molecule has 24 heavy (non-hydrogen) atoms. The number of aliphatic hydroxyl groups is 1. The monoisotopic (exact) mass is 343 g/mol. The minimum Gasteiger partial charge on any atom is -0.497 e. The van der Waals surface area contributed by atoms with Crippen LogP contribution in [0.3, 0.4) is 0 Å². The largest absolute Gasteiger partial charge is 0.497 e. The van der Waals surface area contributed by atoms with E-state index in [9.17, 15) is 9.90 Å². The predicted octanol–water partition coefficient (Wildman–Crippen LogP) is 3.11. The number of hydrogen-bond acceptors (Lipinski definition) is 4. The molecule has 0 saturated carbocycles. The van der Waals surface area contributed by atoms with E-state index in [-0.39, 0.29) is 12.5 Å². The third-order valence-corrected chi connectivity index (χ3v) is 5.19. The van der Waals surface area contributed by atoms with E-state index in [1.165, 1.54) is 6.08 Å². The number of carbonyl (C=O) groups is 1. The van der Waals surface area contributed by atoms with Crippen molar-refractivity contribution in [2.75, 3.05) is 13.7 Å². The summed E-state index contributed by atoms with van der Waals surface area (Å²) in [4.78, 5) is 13.0. The third kappa shape index (κ3) is 3.68. The van der Waals surface area contributed by atoms with Crippen LogP contribution in [-0.4, -0.2) is 24.7 Å². The van der Waals surface area contributed by atoms with Gasteiger partial charge in [-0.05, 0) is 60.0 Å². The van der Waals surface area contributed by atoms with E-state index in [2.05, 4.69) is 5.32 Å². The van der Waals surface area contributed by atoms with Crippen molar-refractivity contribution in [2.24, 2.45) is 0 Å². The van der Waals surface area contributed by atoms with Crippen LogP contribution in [-0.2, 0) is 16.8 Å². The standard InChI is InChI=1S/C19H21NO3S/c1-23-15-6-8-17-14(12-15)4-2-10-19(17,22)13-20-18(21)9-7-16-5-3-11-24-16/h3,5-9,11-12,22H,2,4,10,13H2,1H3,(H,20,21)/b9-7+. The first-order chi connectivity index (χ1) is 11.6. The lowest BCUT2D eigenvalue weighted by Crippen LogP contribution is -2.42. The van der Waals surface area contributed by atoms with Gasteiger partial charge in [-0.25, -0.2) is 0 Å². The van der Waals surface area contributed by atoms with Gasteiger partial charge in [-0.2, -0.15) is 0 Å². The van der Waals surface area contributed by atoms with E-state index < -0.39 is 5.60 Å². The molecular weight excluding hydrogens is 322 g/mol. The van der Waals surface area contributed by atoms with Gasteiger partial charge in [-0.1, -0.05) is 12.1 Å². The zero-order valence-electron chi connectivity index (χ0n) is 13.6. The van der Waals surface area contributed by atoms with E-state index in [0.717, 1.165) is 34.6 Å². The Hall–Kier alpha value is -2.11. The van der Waals surface area contributed by atoms with Gasteiger partial charge in [0.2, 0.25) is 5.91 Å². The summed E-state index contributed by atoms with van der Waals surface area (Å²) in [6.07, 6.45) is 5.73. The fourth-order valence-corrected chi connectivity index (χ4v) is 3.70. The van der Waals surface area contributed by atoms with Crippen molar-refractivity contribution in [3.8, 4) is 5.75 Å². The molecule has 5 heteroatoms. The smallest absolute Gasteiger partial charge is 0.244 e. The van der Waals surface area contributed by atoms with Crippen molar-refractivity contribution >= 4 is 23.3 Å². The topological polar surface area (TPSA) is 58.6 Å². The highest BCUT2D eigenvalue weighted by molar-refractivity contribution is 7.10. The second-order valence-corrected chi connectivity index (χ2v) is 6.95. The molecule has 0 radical (unpaired) electrons. The van der Waals surface area contributed by atoms with Crippen molar-refractivity contribution in [2.45, 2.75) is 24.9 Å². The zero-order chi connectivity index (χ0) is 17.0. The number of carbonyl (C=O) groups excluding carboxylic acids is 1. The van der Waals surface area contributed by atoms with Crippen molar-refractivity contribution in [3.63, 3.8) is 0 Å². The summed E-state index contributed by atoms with van der Waals surface area (Å²) in [5.41, 5.74) is 0.954. The summed E-state index contributed by atoms with van der Waals surface area (Å²) >= 11 is 1.58. The van der Waals surface area contributed by atoms with Crippen molar-refractivity contribution in [1.82, 2.24) is 5.32 Å². The molecule has 4 nitrogen and oxygen atoms in total. The van der Waals surface area contributed by atoms with Crippen LogP contribution in [0.5, 0.6) is 5.75 Å². The van der Waals surface area contributed by atoms with Gasteiger partial charge in [0.05, 0.1) is 13.7 Å². The Balaban J connectivity index is 1.68. The van der Waals surface area contributed by atoms with E-state index in [1.54, 1.807) is 24.5 Å². The molecule has 1 aliphatic rings. The van der Waals surface area contributed by atoms with E-state index in [1.807, 2.05) is 35.7 Å². The Morgan fingerprint density at radius 1 is 1.46 bits per heavy atom. The molecule has 2 N–H and O–H groups in total. The SMILES string of the molecule is COc1ccc2c(c1)CCCC2(O)CNC(=O)/C=C/c1cccs1. The van der Waals surface area contributed by atoms with Crippen LogP contribution in [0.2, 0.25) is 0 Å². The number of aryl methyl sites for hydroxylation is 1. The number of fused-ring (bicyclic) bond motifs is 1. The van der Waals surface area contributed by atoms with Gasteiger partial charge in [-0.3, -0.25) is 4.79 Å². The molecule has 3 rings (SSSR count). The molecule has 0 fully saturated rings. The lowest BCUT2D eigenvalue weighted by atomic mass is 9.79. The second-order valence-electron chi connectivity index (χ2n) is 5.97. The lowest BCUT2D eigenvalue weighted by molar-refractivity contribution is -0.118. The van der Waals surface area contributed by atoms with Gasteiger partial charge in [0.1, 0.15) is 11.4 Å². The number of ether oxygens (including phenoxy) is 1. The number of nitrogens with one attached hydrogen (secondary N) is 1. The van der Waals surface area contributed by atoms with Crippen molar-refractivity contribution < 1.29 is 14.6 Å². The van der Waals surface area contributed by atoms with Crippen LogP contribution in [0.4, 0.5) is 0 Å². The normalized spacial score (nSPS) is 19.9. The van der Waals surface area contributed by atoms with Gasteiger partial charge in [0.15, 0.2) is 0 Å². The van der Waals surface area contributed by atoms with Crippen molar-refractivity contribution in [3.05, 3.63) is 57.8 Å². The van der Waals surface area contributed by atoms with Gasteiger partial charge in [0, 0.05) is 11.0 Å². The average molecular weight is 343 g/mol. The van der Waals surface area contributed by atoms with Crippen LogP contribution in [0.25, 0.3) is 6.08 Å². The molecule has 0 aliphatic heterocycles. The summed E-state index contributed by atoms with van der Waals surface area (Å²) in [5.74, 6) is 0.596. The molecule has 1 unspecified atom stereocenters. The number of benzene rings is 1. The number of thiophene rings is 1. The Morgan fingerprint density at radius 3 is 3.08 bits per heavy atom. The van der Waals surface area contributed by atoms with Crippen LogP contribution in [0, 0.1) is 0 Å². The summed E-state index contributed by atoms with van der Waals surface area (Å²) in [7, 11) is 1.64. The molecule has 0 saturated heterocycles. The summed E-state index contributed by atoms with van der Waals surface area (Å²) in [5, 5.41) is 15.8. The lowest BCUT2D eigenvalue weighted by Gasteiger charge is -2.34. The van der Waals surface area contributed by atoms with Crippen LogP contribution in [0.15, 0.2) is 41.8 Å². The zero-order valence-corrected chi connectivity index (χ0v) is 14.4. The molecule has 0 spiro atoms.